The molecule has 0 aliphatic carbocycles. The largest absolute Gasteiger partial charge is 0.380 e. The van der Waals surface area contributed by atoms with Crippen LogP contribution in [0.3, 0.4) is 0 Å². The minimum atomic E-state index is 0.588. The fraction of sp³-hybridized carbons (Fsp3) is 0.474. The number of aryl methyl sites for hydroxylation is 1. The number of rotatable bonds is 5. The van der Waals surface area contributed by atoms with Crippen molar-refractivity contribution in [1.29, 1.82) is 0 Å². The van der Waals surface area contributed by atoms with Crippen molar-refractivity contribution in [2.45, 2.75) is 38.7 Å². The lowest BCUT2D eigenvalue weighted by molar-refractivity contribution is 0.185. The van der Waals surface area contributed by atoms with Gasteiger partial charge in [-0.1, -0.05) is 19.1 Å². The molecule has 0 bridgehead atoms. The van der Waals surface area contributed by atoms with E-state index in [-0.39, 0.29) is 0 Å². The number of ether oxygens (including phenoxy) is 1. The zero-order valence-electron chi connectivity index (χ0n) is 14.0. The first-order valence-corrected chi connectivity index (χ1v) is 8.43. The van der Waals surface area contributed by atoms with E-state index in [1.165, 1.54) is 16.8 Å². The van der Waals surface area contributed by atoms with Crippen molar-refractivity contribution in [2.75, 3.05) is 25.1 Å². The van der Waals surface area contributed by atoms with E-state index in [0.29, 0.717) is 12.5 Å². The van der Waals surface area contributed by atoms with Gasteiger partial charge < -0.3 is 9.64 Å². The van der Waals surface area contributed by atoms with Gasteiger partial charge in [0, 0.05) is 44.7 Å². The topological polar surface area (TPSA) is 38.2 Å². The molecule has 0 amide bonds. The van der Waals surface area contributed by atoms with Crippen LogP contribution < -0.4 is 4.90 Å². The number of nitrogens with zero attached hydrogens (tertiary/aromatic N) is 3. The highest BCUT2D eigenvalue weighted by molar-refractivity contribution is 5.48. The van der Waals surface area contributed by atoms with E-state index in [1.807, 2.05) is 12.4 Å². The summed E-state index contributed by atoms with van der Waals surface area (Å²) in [6.45, 7) is 4.94. The number of benzene rings is 1. The van der Waals surface area contributed by atoms with Crippen LogP contribution in [0, 0.1) is 0 Å². The second-order valence-corrected chi connectivity index (χ2v) is 6.15. The number of hydrogen-bond donors (Lipinski definition) is 0. The molecule has 2 heterocycles. The smallest absolute Gasteiger partial charge is 0.127 e. The van der Waals surface area contributed by atoms with Crippen LogP contribution in [0.5, 0.6) is 0 Å². The normalized spacial score (nSPS) is 15.8. The summed E-state index contributed by atoms with van der Waals surface area (Å²) in [7, 11) is 1.73. The van der Waals surface area contributed by atoms with Gasteiger partial charge >= 0.3 is 0 Å². The zero-order valence-corrected chi connectivity index (χ0v) is 14.0. The van der Waals surface area contributed by atoms with E-state index >= 15 is 0 Å². The molecule has 0 saturated carbocycles. The second kappa shape index (κ2) is 7.55. The molecule has 3 rings (SSSR count). The highest BCUT2D eigenvalue weighted by atomic mass is 16.5. The van der Waals surface area contributed by atoms with Crippen LogP contribution in [-0.4, -0.2) is 30.2 Å². The van der Waals surface area contributed by atoms with Gasteiger partial charge in [0.05, 0.1) is 6.61 Å². The molecule has 122 valence electrons. The summed E-state index contributed by atoms with van der Waals surface area (Å²) in [5.74, 6) is 1.52. The number of hydrogen-bond acceptors (Lipinski definition) is 4. The Balaban J connectivity index is 1.59. The molecule has 1 aliphatic rings. The van der Waals surface area contributed by atoms with Crippen molar-refractivity contribution in [3.63, 3.8) is 0 Å². The van der Waals surface area contributed by atoms with Crippen molar-refractivity contribution in [1.82, 2.24) is 9.97 Å². The predicted octanol–water partition coefficient (Wildman–Crippen LogP) is 3.57. The van der Waals surface area contributed by atoms with Crippen molar-refractivity contribution in [3.05, 3.63) is 53.6 Å². The standard InChI is InChI=1S/C19H25N3O/c1-3-19-20-12-17(13-21-19)16-8-10-22(11-9-16)18-6-4-15(5-7-18)14-23-2/h4-7,12-13,16H,3,8-11,14H2,1-2H3. The van der Waals surface area contributed by atoms with Gasteiger partial charge in [0.1, 0.15) is 5.82 Å². The third-order valence-electron chi connectivity index (χ3n) is 4.62. The van der Waals surface area contributed by atoms with Gasteiger partial charge in [-0.15, -0.1) is 0 Å². The van der Waals surface area contributed by atoms with Crippen LogP contribution in [0.15, 0.2) is 36.7 Å². The molecular formula is C19H25N3O. The summed E-state index contributed by atoms with van der Waals surface area (Å²) in [6, 6.07) is 8.71. The molecule has 2 aromatic rings. The van der Waals surface area contributed by atoms with Crippen LogP contribution in [0.2, 0.25) is 0 Å². The van der Waals surface area contributed by atoms with Gasteiger partial charge in [0.15, 0.2) is 0 Å². The fourth-order valence-corrected chi connectivity index (χ4v) is 3.20. The average molecular weight is 311 g/mol. The molecule has 1 aliphatic heterocycles. The van der Waals surface area contributed by atoms with Crippen LogP contribution in [0.4, 0.5) is 5.69 Å². The highest BCUT2D eigenvalue weighted by Gasteiger charge is 2.21. The second-order valence-electron chi connectivity index (χ2n) is 6.15. The van der Waals surface area contributed by atoms with E-state index in [4.69, 9.17) is 4.74 Å². The Kier molecular flexibility index (Phi) is 5.23. The molecule has 1 aromatic heterocycles. The lowest BCUT2D eigenvalue weighted by Crippen LogP contribution is -2.32. The predicted molar refractivity (Wildman–Crippen MR) is 92.8 cm³/mol. The van der Waals surface area contributed by atoms with E-state index < -0.39 is 0 Å². The fourth-order valence-electron chi connectivity index (χ4n) is 3.20. The molecule has 4 nitrogen and oxygen atoms in total. The van der Waals surface area contributed by atoms with Crippen LogP contribution in [-0.2, 0) is 17.8 Å². The van der Waals surface area contributed by atoms with E-state index in [1.54, 1.807) is 7.11 Å². The van der Waals surface area contributed by atoms with Gasteiger partial charge in [0.25, 0.3) is 0 Å². The van der Waals surface area contributed by atoms with Crippen molar-refractivity contribution in [2.24, 2.45) is 0 Å². The number of methoxy groups -OCH3 is 1. The van der Waals surface area contributed by atoms with Crippen molar-refractivity contribution < 1.29 is 4.74 Å². The number of anilines is 1. The molecule has 0 atom stereocenters. The van der Waals surface area contributed by atoms with Gasteiger partial charge in [-0.05, 0) is 42.0 Å². The lowest BCUT2D eigenvalue weighted by Gasteiger charge is -2.33. The molecule has 0 N–H and O–H groups in total. The van der Waals surface area contributed by atoms with Gasteiger partial charge in [0.2, 0.25) is 0 Å². The minimum Gasteiger partial charge on any atom is -0.380 e. The summed E-state index contributed by atoms with van der Waals surface area (Å²) in [4.78, 5) is 11.3. The minimum absolute atomic E-state index is 0.588. The average Bonchev–Trinajstić information content (AvgIpc) is 2.63. The zero-order chi connectivity index (χ0) is 16.1. The number of aromatic nitrogens is 2. The Hall–Kier alpha value is -1.94. The molecule has 0 unspecified atom stereocenters. The molecule has 0 spiro atoms. The van der Waals surface area contributed by atoms with Crippen LogP contribution >= 0.6 is 0 Å². The summed E-state index contributed by atoms with van der Waals surface area (Å²) in [6.07, 6.45) is 7.26. The molecule has 23 heavy (non-hydrogen) atoms. The molecule has 1 fully saturated rings. The Labute approximate surface area is 138 Å². The molecule has 4 heteroatoms. The summed E-state index contributed by atoms with van der Waals surface area (Å²) in [5, 5.41) is 0. The van der Waals surface area contributed by atoms with E-state index in [0.717, 1.165) is 38.2 Å². The highest BCUT2D eigenvalue weighted by Crippen LogP contribution is 2.30. The first-order chi connectivity index (χ1) is 11.3. The Bertz CT molecular complexity index is 602. The Morgan fingerprint density at radius 3 is 2.30 bits per heavy atom. The van der Waals surface area contributed by atoms with Crippen molar-refractivity contribution >= 4 is 5.69 Å². The maximum atomic E-state index is 5.17. The van der Waals surface area contributed by atoms with Gasteiger partial charge in [-0.2, -0.15) is 0 Å². The summed E-state index contributed by atoms with van der Waals surface area (Å²) in [5.41, 5.74) is 3.82. The van der Waals surface area contributed by atoms with Crippen LogP contribution in [0.1, 0.15) is 42.6 Å². The molecular weight excluding hydrogens is 286 g/mol. The Morgan fingerprint density at radius 2 is 1.74 bits per heavy atom. The maximum absolute atomic E-state index is 5.17. The first-order valence-electron chi connectivity index (χ1n) is 8.43. The summed E-state index contributed by atoms with van der Waals surface area (Å²) >= 11 is 0. The van der Waals surface area contributed by atoms with Crippen molar-refractivity contribution in [3.8, 4) is 0 Å². The molecule has 1 saturated heterocycles. The monoisotopic (exact) mass is 311 g/mol. The third kappa shape index (κ3) is 3.88. The van der Waals surface area contributed by atoms with Crippen LogP contribution in [0.25, 0.3) is 0 Å². The van der Waals surface area contributed by atoms with E-state index in [2.05, 4.69) is 46.1 Å². The van der Waals surface area contributed by atoms with E-state index in [9.17, 15) is 0 Å². The lowest BCUT2D eigenvalue weighted by atomic mass is 9.91. The maximum Gasteiger partial charge on any atom is 0.127 e. The summed E-state index contributed by atoms with van der Waals surface area (Å²) < 4.78 is 5.17. The van der Waals surface area contributed by atoms with Gasteiger partial charge in [-0.3, -0.25) is 0 Å². The molecule has 1 aromatic carbocycles. The number of piperidine rings is 1. The third-order valence-corrected chi connectivity index (χ3v) is 4.62. The SMILES string of the molecule is CCc1ncc(C2CCN(c3ccc(COC)cc3)CC2)cn1. The quantitative estimate of drug-likeness (QED) is 0.846. The van der Waals surface area contributed by atoms with Gasteiger partial charge in [-0.25, -0.2) is 9.97 Å². The Morgan fingerprint density at radius 1 is 1.09 bits per heavy atom. The molecule has 0 radical (unpaired) electrons. The first kappa shape index (κ1) is 15.9.